The molecule has 5 N–H and O–H groups in total. The number of nitrogens with one attached hydrogen (secondary N) is 1. The van der Waals surface area contributed by atoms with Crippen LogP contribution in [0.3, 0.4) is 0 Å². The van der Waals surface area contributed by atoms with E-state index in [0.29, 0.717) is 18.0 Å². The third-order valence-corrected chi connectivity index (χ3v) is 6.87. The van der Waals surface area contributed by atoms with Gasteiger partial charge < -0.3 is 16.2 Å². The summed E-state index contributed by atoms with van der Waals surface area (Å²) in [5, 5.41) is -0.377. The number of aryl methyl sites for hydroxylation is 3. The molecule has 0 saturated carbocycles. The van der Waals surface area contributed by atoms with Crippen LogP contribution < -0.4 is 20.9 Å². The first-order valence-corrected chi connectivity index (χ1v) is 12.9. The summed E-state index contributed by atoms with van der Waals surface area (Å²) < 4.78 is 33.8. The molecule has 2 aromatic heterocycles. The number of aromatic nitrogens is 2. The minimum atomic E-state index is -4.30. The van der Waals surface area contributed by atoms with Gasteiger partial charge in [-0.25, -0.2) is 14.7 Å². The quantitative estimate of drug-likeness (QED) is 0.333. The number of carbonyl (C=O) groups excluding carboxylic acids is 1. The fraction of sp³-hybridized carbons (Fsp3) is 0.148. The molecule has 0 unspecified atom stereocenters. The van der Waals surface area contributed by atoms with E-state index in [4.69, 9.17) is 16.2 Å². The van der Waals surface area contributed by atoms with Gasteiger partial charge in [0.1, 0.15) is 17.1 Å². The number of hydrogen-bond donors (Lipinski definition) is 3. The molecule has 2 aromatic carbocycles. The van der Waals surface area contributed by atoms with Crippen molar-refractivity contribution in [1.29, 1.82) is 0 Å². The third-order valence-electron chi connectivity index (χ3n) is 5.64. The van der Waals surface area contributed by atoms with Gasteiger partial charge in [-0.05, 0) is 61.7 Å². The van der Waals surface area contributed by atoms with Crippen molar-refractivity contribution in [2.45, 2.75) is 32.3 Å². The molecule has 4 aromatic rings. The number of pyridine rings is 2. The zero-order valence-electron chi connectivity index (χ0n) is 20.6. The zero-order chi connectivity index (χ0) is 26.7. The van der Waals surface area contributed by atoms with Crippen molar-refractivity contribution in [3.8, 4) is 22.9 Å². The average Bonchev–Trinajstić information content (AvgIpc) is 2.86. The van der Waals surface area contributed by atoms with E-state index >= 15 is 0 Å². The van der Waals surface area contributed by atoms with E-state index in [2.05, 4.69) is 9.97 Å². The molecular weight excluding hydrogens is 490 g/mol. The standard InChI is InChI=1S/C27H27N5O4S/c1-16-13-17(2)25(18(3)14-16)36-27-21(11-12-22(30-27)20-9-7-19(15-28)8-10-20)26(33)32-37(34,35)24-6-4-5-23(29)31-24/h4-14H,15,28H2,1-3H3,(H2,29,31)(H,32,33). The molecule has 0 atom stereocenters. The van der Waals surface area contributed by atoms with E-state index in [9.17, 15) is 13.2 Å². The Bertz CT molecular complexity index is 1560. The highest BCUT2D eigenvalue weighted by Crippen LogP contribution is 2.32. The lowest BCUT2D eigenvalue weighted by Gasteiger charge is -2.16. The third kappa shape index (κ3) is 5.76. The molecule has 190 valence electrons. The van der Waals surface area contributed by atoms with E-state index in [1.165, 1.54) is 24.3 Å². The first-order valence-electron chi connectivity index (χ1n) is 11.4. The van der Waals surface area contributed by atoms with Gasteiger partial charge in [-0.15, -0.1) is 0 Å². The van der Waals surface area contributed by atoms with Crippen molar-refractivity contribution in [2.75, 3.05) is 5.73 Å². The highest BCUT2D eigenvalue weighted by atomic mass is 32.2. The fourth-order valence-electron chi connectivity index (χ4n) is 3.90. The van der Waals surface area contributed by atoms with Gasteiger partial charge in [-0.1, -0.05) is 48.0 Å². The Labute approximate surface area is 215 Å². The van der Waals surface area contributed by atoms with E-state index in [-0.39, 0.29) is 22.3 Å². The molecule has 0 saturated heterocycles. The summed E-state index contributed by atoms with van der Waals surface area (Å²) >= 11 is 0. The van der Waals surface area contributed by atoms with Crippen LogP contribution in [0.5, 0.6) is 11.6 Å². The molecule has 0 aliphatic heterocycles. The summed E-state index contributed by atoms with van der Waals surface area (Å²) in [5.74, 6) is -0.415. The Morgan fingerprint density at radius 2 is 1.62 bits per heavy atom. The van der Waals surface area contributed by atoms with E-state index < -0.39 is 15.9 Å². The van der Waals surface area contributed by atoms with Crippen LogP contribution in [0, 0.1) is 20.8 Å². The maximum absolute atomic E-state index is 13.2. The van der Waals surface area contributed by atoms with E-state index in [1.54, 1.807) is 6.07 Å². The van der Waals surface area contributed by atoms with Gasteiger partial charge in [0.05, 0.1) is 5.69 Å². The monoisotopic (exact) mass is 517 g/mol. The number of anilines is 1. The maximum atomic E-state index is 13.2. The van der Waals surface area contributed by atoms with Crippen LogP contribution in [-0.2, 0) is 16.6 Å². The van der Waals surface area contributed by atoms with Crippen molar-refractivity contribution in [1.82, 2.24) is 14.7 Å². The highest BCUT2D eigenvalue weighted by Gasteiger charge is 2.24. The van der Waals surface area contributed by atoms with Gasteiger partial charge in [0.2, 0.25) is 5.88 Å². The Balaban J connectivity index is 1.77. The number of amides is 1. The highest BCUT2D eigenvalue weighted by molar-refractivity contribution is 7.90. The summed E-state index contributed by atoms with van der Waals surface area (Å²) in [6, 6.07) is 18.6. The zero-order valence-corrected chi connectivity index (χ0v) is 21.5. The largest absolute Gasteiger partial charge is 0.438 e. The first kappa shape index (κ1) is 25.8. The smallest absolute Gasteiger partial charge is 0.281 e. The summed E-state index contributed by atoms with van der Waals surface area (Å²) in [4.78, 5) is 21.6. The molecule has 0 fully saturated rings. The van der Waals surface area contributed by atoms with Crippen molar-refractivity contribution in [2.24, 2.45) is 5.73 Å². The van der Waals surface area contributed by atoms with Crippen LogP contribution in [0.1, 0.15) is 32.6 Å². The minimum Gasteiger partial charge on any atom is -0.438 e. The molecule has 37 heavy (non-hydrogen) atoms. The number of nitrogen functional groups attached to an aromatic ring is 1. The van der Waals surface area contributed by atoms with Gasteiger partial charge in [0.15, 0.2) is 5.03 Å². The molecule has 0 bridgehead atoms. The van der Waals surface area contributed by atoms with Crippen LogP contribution in [0.25, 0.3) is 11.3 Å². The molecule has 0 aliphatic carbocycles. The Hall–Kier alpha value is -4.28. The lowest BCUT2D eigenvalue weighted by atomic mass is 10.1. The number of benzene rings is 2. The van der Waals surface area contributed by atoms with Crippen molar-refractivity contribution < 1.29 is 17.9 Å². The molecule has 0 radical (unpaired) electrons. The molecule has 4 rings (SSSR count). The van der Waals surface area contributed by atoms with Gasteiger partial charge >= 0.3 is 0 Å². The molecule has 1 amide bonds. The van der Waals surface area contributed by atoms with Gasteiger partial charge in [0.25, 0.3) is 15.9 Å². The summed E-state index contributed by atoms with van der Waals surface area (Å²) in [7, 11) is -4.30. The fourth-order valence-corrected chi connectivity index (χ4v) is 4.84. The molecular formula is C27H27N5O4S. The van der Waals surface area contributed by atoms with Crippen molar-refractivity contribution in [3.63, 3.8) is 0 Å². The number of rotatable bonds is 7. The Morgan fingerprint density at radius 3 is 2.24 bits per heavy atom. The van der Waals surface area contributed by atoms with Gasteiger partial charge in [-0.3, -0.25) is 4.79 Å². The lowest BCUT2D eigenvalue weighted by Crippen LogP contribution is -2.31. The predicted molar refractivity (Wildman–Crippen MR) is 142 cm³/mol. The summed E-state index contributed by atoms with van der Waals surface area (Å²) in [6.45, 7) is 6.16. The predicted octanol–water partition coefficient (Wildman–Crippen LogP) is 4.02. The normalized spacial score (nSPS) is 11.2. The molecule has 9 nitrogen and oxygen atoms in total. The number of nitrogens with two attached hydrogens (primary N) is 2. The number of sulfonamides is 1. The minimum absolute atomic E-state index is 0.0105. The average molecular weight is 518 g/mol. The van der Waals surface area contributed by atoms with Crippen LogP contribution in [0.15, 0.2) is 71.8 Å². The maximum Gasteiger partial charge on any atom is 0.281 e. The van der Waals surface area contributed by atoms with E-state index in [1.807, 2.05) is 61.9 Å². The Morgan fingerprint density at radius 1 is 0.946 bits per heavy atom. The second-order valence-electron chi connectivity index (χ2n) is 8.62. The van der Waals surface area contributed by atoms with Crippen molar-refractivity contribution in [3.05, 3.63) is 94.5 Å². The first-order chi connectivity index (χ1) is 17.6. The second-order valence-corrected chi connectivity index (χ2v) is 10.2. The lowest BCUT2D eigenvalue weighted by molar-refractivity contribution is 0.0978. The van der Waals surface area contributed by atoms with E-state index in [0.717, 1.165) is 27.8 Å². The Kier molecular flexibility index (Phi) is 7.23. The van der Waals surface area contributed by atoms with Crippen LogP contribution in [0.4, 0.5) is 5.82 Å². The van der Waals surface area contributed by atoms with Gasteiger partial charge in [-0.2, -0.15) is 8.42 Å². The molecule has 0 aliphatic rings. The number of nitrogens with zero attached hydrogens (tertiary/aromatic N) is 2. The summed E-state index contributed by atoms with van der Waals surface area (Å²) in [6.07, 6.45) is 0. The van der Waals surface area contributed by atoms with Crippen molar-refractivity contribution >= 4 is 21.7 Å². The topological polar surface area (TPSA) is 150 Å². The molecule has 0 spiro atoms. The number of carbonyl (C=O) groups is 1. The molecule has 2 heterocycles. The van der Waals surface area contributed by atoms with Crippen LogP contribution >= 0.6 is 0 Å². The van der Waals surface area contributed by atoms with Crippen LogP contribution in [0.2, 0.25) is 0 Å². The van der Waals surface area contributed by atoms with Gasteiger partial charge in [0, 0.05) is 12.1 Å². The number of ether oxygens (including phenoxy) is 1. The SMILES string of the molecule is Cc1cc(C)c(Oc2nc(-c3ccc(CN)cc3)ccc2C(=O)NS(=O)(=O)c2cccc(N)n2)c(C)c1. The molecule has 10 heteroatoms. The second kappa shape index (κ2) is 10.4. The number of hydrogen-bond acceptors (Lipinski definition) is 8. The van der Waals surface area contributed by atoms with Crippen LogP contribution in [-0.4, -0.2) is 24.3 Å². The summed E-state index contributed by atoms with van der Waals surface area (Å²) in [5.41, 5.74) is 16.3.